The third kappa shape index (κ3) is 14.6. The van der Waals surface area contributed by atoms with Gasteiger partial charge in [0.2, 0.25) is 23.6 Å². The summed E-state index contributed by atoms with van der Waals surface area (Å²) in [6.45, 7) is 12.1. The van der Waals surface area contributed by atoms with Crippen LogP contribution in [-0.4, -0.2) is 133 Å². The van der Waals surface area contributed by atoms with Gasteiger partial charge >= 0.3 is 0 Å². The van der Waals surface area contributed by atoms with Crippen LogP contribution in [0.15, 0.2) is 129 Å². The number of pyridine rings is 3. The molecule has 100 heavy (non-hydrogen) atoms. The molecule has 2 aliphatic carbocycles. The second kappa shape index (κ2) is 28.0. The van der Waals surface area contributed by atoms with Crippen molar-refractivity contribution >= 4 is 85.9 Å². The zero-order chi connectivity index (χ0) is 70.0. The summed E-state index contributed by atoms with van der Waals surface area (Å²) in [7, 11) is 0. The topological polar surface area (TPSA) is 226 Å². The van der Waals surface area contributed by atoms with Crippen LogP contribution in [0.3, 0.4) is 0 Å². The third-order valence-electron chi connectivity index (χ3n) is 18.7. The highest BCUT2D eigenvalue weighted by molar-refractivity contribution is 6.35. The van der Waals surface area contributed by atoms with E-state index in [-0.39, 0.29) is 118 Å². The molecule has 26 heteroatoms. The van der Waals surface area contributed by atoms with Crippen molar-refractivity contribution in [2.24, 2.45) is 0 Å². The van der Waals surface area contributed by atoms with Crippen LogP contribution in [0.1, 0.15) is 150 Å². The standard InChI is InChI=1S/C26H26F3N3O3.C26H24F3N3O3.C20H17ClFN3O3.2CH4/c2*1-25(2)24(34)30-11-12-32(25)23(33)21-14-20-22(35-21)18(15-7-9-26(28,29)10-8-15)13-19(31-20)16-3-5-17(27)6-4-16;1-20(2)19(27)23-7-8-25(20)18(26)16-10-15-17(28-16)13(21)9-14(24-15)11-3-5-12(22)6-4-11;;/h3-6,13-15H,7-12H2,1-2H3,(H,30,34);3-7,13-14H,8-12H2,1-2H3,(H,30,34);3-6,9-10H,7-8H2,1-2H3,(H,23,27);2*1H4. The molecule has 526 valence electrons. The van der Waals surface area contributed by atoms with E-state index in [1.165, 1.54) is 75.4 Å². The third-order valence-corrected chi connectivity index (χ3v) is 19.0. The molecule has 5 aliphatic rings. The van der Waals surface area contributed by atoms with Crippen molar-refractivity contribution in [1.82, 2.24) is 45.6 Å². The van der Waals surface area contributed by atoms with Crippen molar-refractivity contribution < 1.29 is 72.8 Å². The van der Waals surface area contributed by atoms with E-state index in [1.807, 2.05) is 0 Å². The van der Waals surface area contributed by atoms with Gasteiger partial charge in [-0.3, -0.25) is 28.8 Å². The lowest BCUT2D eigenvalue weighted by molar-refractivity contribution is -0.133. The molecule has 9 aromatic rings. The number of allylic oxidation sites excluding steroid dienone is 2. The van der Waals surface area contributed by atoms with E-state index in [0.717, 1.165) is 0 Å². The van der Waals surface area contributed by atoms with Gasteiger partial charge in [-0.25, -0.2) is 45.7 Å². The lowest BCUT2D eigenvalue weighted by Gasteiger charge is -2.40. The van der Waals surface area contributed by atoms with Gasteiger partial charge in [0, 0.05) is 111 Å². The van der Waals surface area contributed by atoms with Gasteiger partial charge in [0.05, 0.1) is 22.1 Å². The number of hydrogen-bond acceptors (Lipinski definition) is 12. The summed E-state index contributed by atoms with van der Waals surface area (Å²) in [5.41, 5.74) is 4.60. The van der Waals surface area contributed by atoms with Crippen LogP contribution in [0, 0.1) is 17.5 Å². The Hall–Kier alpha value is -9.91. The summed E-state index contributed by atoms with van der Waals surface area (Å²) < 4.78 is 113. The smallest absolute Gasteiger partial charge is 0.290 e. The number of fused-ring (bicyclic) bond motifs is 3. The number of furan rings is 3. The molecule has 0 spiro atoms. The molecule has 0 bridgehead atoms. The Morgan fingerprint density at radius 1 is 0.490 bits per heavy atom. The van der Waals surface area contributed by atoms with Gasteiger partial charge in [0.25, 0.3) is 23.6 Å². The normalized spacial score (nSPS) is 18.4. The number of halogens is 8. The highest BCUT2D eigenvalue weighted by atomic mass is 35.5. The number of benzene rings is 3. The van der Waals surface area contributed by atoms with E-state index in [1.54, 1.807) is 96.1 Å². The fourth-order valence-electron chi connectivity index (χ4n) is 12.8. The monoisotopic (exact) mass is 1400 g/mol. The Bertz CT molecular complexity index is 4670. The number of aromatic nitrogens is 3. The predicted octanol–water partition coefficient (Wildman–Crippen LogP) is 15.4. The van der Waals surface area contributed by atoms with Crippen LogP contribution in [-0.2, 0) is 14.4 Å². The second-order valence-corrected chi connectivity index (χ2v) is 26.8. The molecule has 6 aromatic heterocycles. The van der Waals surface area contributed by atoms with Crippen molar-refractivity contribution in [3.8, 4) is 33.8 Å². The minimum Gasteiger partial charge on any atom is -0.449 e. The molecule has 9 heterocycles. The molecule has 1 saturated carbocycles. The van der Waals surface area contributed by atoms with Crippen LogP contribution < -0.4 is 16.0 Å². The fourth-order valence-corrected chi connectivity index (χ4v) is 13.0. The maximum absolute atomic E-state index is 13.9. The van der Waals surface area contributed by atoms with Gasteiger partial charge in [-0.1, -0.05) is 32.5 Å². The van der Waals surface area contributed by atoms with E-state index >= 15 is 0 Å². The van der Waals surface area contributed by atoms with Gasteiger partial charge in [-0.05, 0) is 163 Å². The number of nitrogens with one attached hydrogen (secondary N) is 3. The Balaban J connectivity index is 0.000000162. The highest BCUT2D eigenvalue weighted by Crippen LogP contribution is 2.45. The van der Waals surface area contributed by atoms with Crippen molar-refractivity contribution in [2.75, 3.05) is 39.3 Å². The molecule has 4 fully saturated rings. The Labute approximate surface area is 576 Å². The minimum atomic E-state index is -2.76. The fraction of sp³-hybridized carbons (Fsp3) is 0.365. The molecular formula is C74H75ClF7N9O9. The molecule has 3 N–H and O–H groups in total. The van der Waals surface area contributed by atoms with Crippen molar-refractivity contribution in [3.63, 3.8) is 0 Å². The van der Waals surface area contributed by atoms with E-state index in [2.05, 4.69) is 30.9 Å². The first-order valence-electron chi connectivity index (χ1n) is 31.9. The summed E-state index contributed by atoms with van der Waals surface area (Å²) in [6, 6.07) is 27.2. The van der Waals surface area contributed by atoms with Gasteiger partial charge in [-0.15, -0.1) is 0 Å². The first-order valence-corrected chi connectivity index (χ1v) is 32.3. The molecule has 18 nitrogen and oxygen atoms in total. The van der Waals surface area contributed by atoms with Crippen LogP contribution in [0.25, 0.3) is 72.6 Å². The van der Waals surface area contributed by atoms with Crippen LogP contribution in [0.2, 0.25) is 5.02 Å². The molecule has 3 saturated heterocycles. The van der Waals surface area contributed by atoms with Crippen molar-refractivity contribution in [3.05, 3.63) is 166 Å². The van der Waals surface area contributed by atoms with E-state index in [0.29, 0.717) is 122 Å². The van der Waals surface area contributed by atoms with Gasteiger partial charge in [0.15, 0.2) is 34.0 Å². The first-order chi connectivity index (χ1) is 46.4. The molecule has 0 radical (unpaired) electrons. The summed E-state index contributed by atoms with van der Waals surface area (Å²) in [5, 5.41) is 8.55. The number of carbonyl (C=O) groups is 6. The number of carbonyl (C=O) groups excluding carboxylic acids is 6. The predicted molar refractivity (Wildman–Crippen MR) is 364 cm³/mol. The Morgan fingerprint density at radius 2 is 0.850 bits per heavy atom. The maximum atomic E-state index is 13.9. The summed E-state index contributed by atoms with van der Waals surface area (Å²) in [6.07, 6.45) is 1.05. The number of piperazine rings is 3. The zero-order valence-electron chi connectivity index (χ0n) is 54.1. The van der Waals surface area contributed by atoms with Crippen molar-refractivity contribution in [2.45, 2.75) is 136 Å². The highest BCUT2D eigenvalue weighted by Gasteiger charge is 2.45. The average Bonchev–Trinajstić information content (AvgIpc) is 1.60. The maximum Gasteiger partial charge on any atom is 0.290 e. The van der Waals surface area contributed by atoms with Gasteiger partial charge < -0.3 is 43.9 Å². The number of alkyl halides is 4. The molecular weight excluding hydrogens is 1330 g/mol. The van der Waals surface area contributed by atoms with E-state index < -0.39 is 52.0 Å². The SMILES string of the molecule is C.C.CC1(C)C(=O)NCCN1C(=O)c1cc2nc(-c3ccc(F)cc3)cc(C3=CCC(F)(F)CC3)c2o1.CC1(C)C(=O)NCCN1C(=O)c1cc2nc(-c3ccc(F)cc3)cc(C3CCC(F)(F)CC3)c2o1.CC1(C)C(=O)NCCN1C(=O)c1cc2nc(-c3ccc(F)cc3)cc(Cl)c2o1. The van der Waals surface area contributed by atoms with E-state index in [4.69, 9.17) is 24.9 Å². The van der Waals surface area contributed by atoms with E-state index in [9.17, 15) is 59.5 Å². The van der Waals surface area contributed by atoms with Crippen LogP contribution >= 0.6 is 11.6 Å². The summed E-state index contributed by atoms with van der Waals surface area (Å²) >= 11 is 6.33. The average molecular weight is 1400 g/mol. The van der Waals surface area contributed by atoms with Crippen molar-refractivity contribution in [1.29, 1.82) is 0 Å². The largest absolute Gasteiger partial charge is 0.449 e. The summed E-state index contributed by atoms with van der Waals surface area (Å²) in [5.74, 6) is -8.70. The number of rotatable bonds is 8. The molecule has 3 aromatic carbocycles. The van der Waals surface area contributed by atoms with Crippen LogP contribution in [0.4, 0.5) is 30.7 Å². The second-order valence-electron chi connectivity index (χ2n) is 26.4. The first kappa shape index (κ1) is 72.8. The van der Waals surface area contributed by atoms with Gasteiger partial charge in [0.1, 0.15) is 50.6 Å². The molecule has 3 aliphatic heterocycles. The minimum absolute atomic E-state index is 0. The molecule has 6 amide bonds. The zero-order valence-corrected chi connectivity index (χ0v) is 54.9. The molecule has 14 rings (SSSR count). The quantitative estimate of drug-likeness (QED) is 0.121. The van der Waals surface area contributed by atoms with Crippen LogP contribution in [0.5, 0.6) is 0 Å². The lowest BCUT2D eigenvalue weighted by atomic mass is 9.82. The lowest BCUT2D eigenvalue weighted by Crippen LogP contribution is -2.63. The molecule has 0 atom stereocenters. The number of nitrogens with zero attached hydrogens (tertiary/aromatic N) is 6. The Morgan fingerprint density at radius 3 is 1.25 bits per heavy atom. The molecule has 0 unspecified atom stereocenters. The Kier molecular flexibility index (Phi) is 20.4. The number of hydrogen-bond donors (Lipinski definition) is 3. The summed E-state index contributed by atoms with van der Waals surface area (Å²) in [4.78, 5) is 94.6. The van der Waals surface area contributed by atoms with Gasteiger partial charge in [-0.2, -0.15) is 0 Å². The number of amides is 6.